The second-order valence-corrected chi connectivity index (χ2v) is 17.6. The lowest BCUT2D eigenvalue weighted by molar-refractivity contribution is -0.129. The summed E-state index contributed by atoms with van der Waals surface area (Å²) in [5.41, 5.74) is -0.159. The number of nitrogens with zero attached hydrogens (tertiary/aromatic N) is 5. The first-order chi connectivity index (χ1) is 25.4. The van der Waals surface area contributed by atoms with E-state index in [-0.39, 0.29) is 78.2 Å². The van der Waals surface area contributed by atoms with E-state index in [0.717, 1.165) is 6.42 Å². The van der Waals surface area contributed by atoms with Crippen molar-refractivity contribution < 1.29 is 36.3 Å². The Kier molecular flexibility index (Phi) is 13.4. The van der Waals surface area contributed by atoms with Crippen LogP contribution < -0.4 is 20.4 Å². The van der Waals surface area contributed by atoms with E-state index in [2.05, 4.69) is 15.6 Å². The molecule has 1 saturated carbocycles. The summed E-state index contributed by atoms with van der Waals surface area (Å²) in [6, 6.07) is 8.83. The van der Waals surface area contributed by atoms with E-state index < -0.39 is 33.6 Å². The average molecular weight is 796 g/mol. The van der Waals surface area contributed by atoms with Crippen LogP contribution in [0.25, 0.3) is 0 Å². The van der Waals surface area contributed by atoms with Crippen molar-refractivity contribution in [2.45, 2.75) is 75.7 Å². The van der Waals surface area contributed by atoms with Crippen molar-refractivity contribution in [2.24, 2.45) is 11.8 Å². The molecule has 3 fully saturated rings. The van der Waals surface area contributed by atoms with Crippen LogP contribution >= 0.6 is 11.6 Å². The number of sulfonamides is 1. The first-order valence-corrected chi connectivity index (χ1v) is 20.4. The van der Waals surface area contributed by atoms with Gasteiger partial charge in [0.05, 0.1) is 4.90 Å². The summed E-state index contributed by atoms with van der Waals surface area (Å²) < 4.78 is 65.5. The number of piperazine rings is 1. The Hall–Kier alpha value is -3.60. The van der Waals surface area contributed by atoms with Crippen LogP contribution in [0, 0.1) is 11.8 Å². The van der Waals surface area contributed by atoms with Crippen molar-refractivity contribution in [2.75, 3.05) is 75.8 Å². The molecule has 1 aromatic heterocycles. The third-order valence-electron chi connectivity index (χ3n) is 10.2. The number of alkyl carbamates (subject to hydrolysis) is 1. The minimum atomic E-state index is -3.82. The second kappa shape index (κ2) is 17.5. The Morgan fingerprint density at radius 1 is 0.963 bits per heavy atom. The standard InChI is InChI=1S/C37H52ClF2N7O6S/c1-36(2,3)53-35(50)42-16-19-44(4)18-15-41-34(49)26-7-9-27(10-8-26)37(39,40)28-24-31(38)43-32(25-28)45-20-22-46(23-21-45)54(51,52)30-13-11-29(12-14-30)47-17-5-6-33(47)48/h11-14,24-27H,5-10,15-23H2,1-4H3,(H,41,49)(H,42,50). The first-order valence-electron chi connectivity index (χ1n) is 18.6. The molecular formula is C37H52ClF2N7O6S. The van der Waals surface area contributed by atoms with Crippen LogP contribution in [0.15, 0.2) is 41.3 Å². The molecule has 3 aliphatic rings. The highest BCUT2D eigenvalue weighted by Crippen LogP contribution is 2.46. The van der Waals surface area contributed by atoms with Gasteiger partial charge in [-0.2, -0.15) is 4.31 Å². The van der Waals surface area contributed by atoms with Gasteiger partial charge in [0.2, 0.25) is 21.8 Å². The summed E-state index contributed by atoms with van der Waals surface area (Å²) in [6.07, 6.45) is 1.77. The van der Waals surface area contributed by atoms with Crippen molar-refractivity contribution in [1.29, 1.82) is 0 Å². The molecule has 3 heterocycles. The maximum atomic E-state index is 16.0. The van der Waals surface area contributed by atoms with Crippen LogP contribution in [-0.4, -0.2) is 112 Å². The summed E-state index contributed by atoms with van der Waals surface area (Å²) in [5, 5.41) is 5.54. The number of halogens is 3. The molecule has 298 valence electrons. The van der Waals surface area contributed by atoms with E-state index >= 15 is 8.78 Å². The molecule has 5 rings (SSSR count). The van der Waals surface area contributed by atoms with Gasteiger partial charge in [-0.25, -0.2) is 27.0 Å². The normalized spacial score (nSPS) is 20.3. The van der Waals surface area contributed by atoms with Gasteiger partial charge in [-0.3, -0.25) is 9.59 Å². The number of ether oxygens (including phenoxy) is 1. The van der Waals surface area contributed by atoms with E-state index in [1.807, 2.05) is 11.9 Å². The number of hydrogen-bond donors (Lipinski definition) is 2. The number of nitrogens with one attached hydrogen (secondary N) is 2. The van der Waals surface area contributed by atoms with Crippen LogP contribution in [0.3, 0.4) is 0 Å². The number of carbonyl (C=O) groups is 3. The summed E-state index contributed by atoms with van der Waals surface area (Å²) in [6.45, 7) is 8.61. The molecule has 1 aliphatic carbocycles. The van der Waals surface area contributed by atoms with E-state index in [0.29, 0.717) is 57.7 Å². The predicted molar refractivity (Wildman–Crippen MR) is 202 cm³/mol. The third kappa shape index (κ3) is 10.6. The van der Waals surface area contributed by atoms with Crippen LogP contribution in [0.4, 0.5) is 25.1 Å². The highest BCUT2D eigenvalue weighted by molar-refractivity contribution is 7.89. The molecule has 2 saturated heterocycles. The number of carbonyl (C=O) groups excluding carboxylic acids is 3. The quantitative estimate of drug-likeness (QED) is 0.272. The van der Waals surface area contributed by atoms with Crippen LogP contribution in [0.1, 0.15) is 64.9 Å². The Balaban J connectivity index is 1.08. The highest BCUT2D eigenvalue weighted by Gasteiger charge is 2.44. The number of aromatic nitrogens is 1. The molecule has 1 aromatic carbocycles. The summed E-state index contributed by atoms with van der Waals surface area (Å²) >= 11 is 6.28. The van der Waals surface area contributed by atoms with Gasteiger partial charge in [0.1, 0.15) is 16.6 Å². The minimum Gasteiger partial charge on any atom is -0.444 e. The molecule has 54 heavy (non-hydrogen) atoms. The topological polar surface area (TPSA) is 144 Å². The van der Waals surface area contributed by atoms with Crippen LogP contribution in [-0.2, 0) is 30.3 Å². The highest BCUT2D eigenvalue weighted by atomic mass is 35.5. The maximum absolute atomic E-state index is 16.0. The molecule has 2 aliphatic heterocycles. The van der Waals surface area contributed by atoms with E-state index in [1.165, 1.54) is 28.6 Å². The van der Waals surface area contributed by atoms with Gasteiger partial charge >= 0.3 is 6.09 Å². The lowest BCUT2D eigenvalue weighted by atomic mass is 9.77. The van der Waals surface area contributed by atoms with Gasteiger partial charge in [-0.1, -0.05) is 11.6 Å². The van der Waals surface area contributed by atoms with E-state index in [4.69, 9.17) is 16.3 Å². The molecular weight excluding hydrogens is 744 g/mol. The maximum Gasteiger partial charge on any atom is 0.407 e. The Labute approximate surface area is 321 Å². The zero-order valence-corrected chi connectivity index (χ0v) is 33.0. The lowest BCUT2D eigenvalue weighted by Crippen LogP contribution is -2.49. The molecule has 3 amide bonds. The average Bonchev–Trinajstić information content (AvgIpc) is 3.56. The second-order valence-electron chi connectivity index (χ2n) is 15.3. The van der Waals surface area contributed by atoms with E-state index in [9.17, 15) is 22.8 Å². The zero-order chi connectivity index (χ0) is 39.3. The number of hydrogen-bond acceptors (Lipinski definition) is 9. The van der Waals surface area contributed by atoms with Gasteiger partial charge in [0.25, 0.3) is 5.92 Å². The summed E-state index contributed by atoms with van der Waals surface area (Å²) in [4.78, 5) is 46.6. The SMILES string of the molecule is CN(CCNC(=O)OC(C)(C)C)CCNC(=O)C1CCC(C(F)(F)c2cc(Cl)nc(N3CCN(S(=O)(=O)c4ccc(N5CCCC5=O)cc4)CC3)c2)CC1. The van der Waals surface area contributed by atoms with Gasteiger partial charge in [-0.15, -0.1) is 0 Å². The molecule has 13 nitrogen and oxygen atoms in total. The smallest absolute Gasteiger partial charge is 0.407 e. The monoisotopic (exact) mass is 795 g/mol. The van der Waals surface area contributed by atoms with Gasteiger partial charge in [0, 0.05) is 88.4 Å². The molecule has 0 atom stereocenters. The number of benzene rings is 1. The summed E-state index contributed by atoms with van der Waals surface area (Å²) in [7, 11) is -1.94. The Morgan fingerprint density at radius 2 is 1.59 bits per heavy atom. The van der Waals surface area contributed by atoms with Gasteiger partial charge in [-0.05, 0) is 96.3 Å². The van der Waals surface area contributed by atoms with Gasteiger partial charge < -0.3 is 30.1 Å². The Morgan fingerprint density at radius 3 is 2.19 bits per heavy atom. The molecule has 0 radical (unpaired) electrons. The number of anilines is 2. The Bertz CT molecular complexity index is 1750. The lowest BCUT2D eigenvalue weighted by Gasteiger charge is -2.36. The first kappa shape index (κ1) is 41.6. The fourth-order valence-electron chi connectivity index (χ4n) is 7.11. The van der Waals surface area contributed by atoms with Crippen molar-refractivity contribution in [3.8, 4) is 0 Å². The van der Waals surface area contributed by atoms with Crippen molar-refractivity contribution in [3.63, 3.8) is 0 Å². The van der Waals surface area contributed by atoms with E-state index in [1.54, 1.807) is 42.7 Å². The number of amides is 3. The van der Waals surface area contributed by atoms with Crippen molar-refractivity contribution in [3.05, 3.63) is 47.1 Å². The molecule has 0 bridgehead atoms. The third-order valence-corrected chi connectivity index (χ3v) is 12.3. The number of rotatable bonds is 13. The fraction of sp³-hybridized carbons (Fsp3) is 0.622. The van der Waals surface area contributed by atoms with Crippen LogP contribution in [0.2, 0.25) is 5.15 Å². The summed E-state index contributed by atoms with van der Waals surface area (Å²) in [5.74, 6) is -4.42. The fourth-order valence-corrected chi connectivity index (χ4v) is 8.73. The number of likely N-dealkylation sites (N-methyl/N-ethyl adjacent to an activating group) is 1. The predicted octanol–water partition coefficient (Wildman–Crippen LogP) is 4.84. The van der Waals surface area contributed by atoms with Crippen LogP contribution in [0.5, 0.6) is 0 Å². The minimum absolute atomic E-state index is 0.0189. The number of alkyl halides is 2. The molecule has 0 spiro atoms. The molecule has 0 unspecified atom stereocenters. The molecule has 17 heteroatoms. The molecule has 2 aromatic rings. The largest absolute Gasteiger partial charge is 0.444 e. The number of pyridine rings is 1. The van der Waals surface area contributed by atoms with Crippen molar-refractivity contribution >= 4 is 51.0 Å². The van der Waals surface area contributed by atoms with Gasteiger partial charge in [0.15, 0.2) is 0 Å². The zero-order valence-electron chi connectivity index (χ0n) is 31.5. The molecule has 2 N–H and O–H groups in total. The van der Waals surface area contributed by atoms with Crippen molar-refractivity contribution in [1.82, 2.24) is 24.8 Å².